The molecular weight excluding hydrogens is 298 g/mol. The van der Waals surface area contributed by atoms with Gasteiger partial charge in [-0.1, -0.05) is 65.9 Å². The van der Waals surface area contributed by atoms with Crippen LogP contribution < -0.4 is 4.87 Å². The molecule has 0 aliphatic heterocycles. The van der Waals surface area contributed by atoms with E-state index in [1.807, 2.05) is 30.3 Å². The molecule has 0 unspecified atom stereocenters. The summed E-state index contributed by atoms with van der Waals surface area (Å²) in [6.45, 7) is 0. The Bertz CT molecular complexity index is 848. The molecule has 5 heteroatoms. The second-order valence-electron chi connectivity index (χ2n) is 4.86. The number of nitrogens with one attached hydrogen (secondary N) is 1. The zero-order valence-electron chi connectivity index (χ0n) is 11.6. The molecule has 0 amide bonds. The Morgan fingerprint density at radius 2 is 1.64 bits per heavy atom. The second kappa shape index (κ2) is 5.99. The maximum atomic E-state index is 12.3. The van der Waals surface area contributed by atoms with Crippen LogP contribution in [0.2, 0.25) is 0 Å². The Labute approximate surface area is 130 Å². The van der Waals surface area contributed by atoms with Crippen molar-refractivity contribution in [3.05, 3.63) is 85.8 Å². The van der Waals surface area contributed by atoms with Crippen LogP contribution in [-0.4, -0.2) is 15.9 Å². The molecule has 2 aromatic carbocycles. The van der Waals surface area contributed by atoms with Crippen LogP contribution in [0.3, 0.4) is 0 Å². The summed E-state index contributed by atoms with van der Waals surface area (Å²) in [4.78, 5) is 26.1. The molecule has 22 heavy (non-hydrogen) atoms. The van der Waals surface area contributed by atoms with Crippen molar-refractivity contribution in [2.75, 3.05) is 0 Å². The van der Waals surface area contributed by atoms with E-state index in [2.05, 4.69) is 4.98 Å². The number of hydrogen-bond acceptors (Lipinski definition) is 4. The average Bonchev–Trinajstić information content (AvgIpc) is 2.86. The van der Waals surface area contributed by atoms with Gasteiger partial charge in [-0.05, 0) is 5.56 Å². The van der Waals surface area contributed by atoms with E-state index in [1.54, 1.807) is 24.3 Å². The van der Waals surface area contributed by atoms with Crippen LogP contribution in [0, 0.1) is 0 Å². The van der Waals surface area contributed by atoms with Gasteiger partial charge in [0.2, 0.25) is 5.88 Å². The molecule has 3 rings (SSSR count). The summed E-state index contributed by atoms with van der Waals surface area (Å²) in [7, 11) is 0. The van der Waals surface area contributed by atoms with Gasteiger partial charge in [-0.2, -0.15) is 0 Å². The van der Waals surface area contributed by atoms with Crippen molar-refractivity contribution < 1.29 is 9.90 Å². The molecule has 2 N–H and O–H groups in total. The molecule has 3 aromatic rings. The lowest BCUT2D eigenvalue weighted by Crippen LogP contribution is -2.01. The Kier molecular flexibility index (Phi) is 3.89. The van der Waals surface area contributed by atoms with Gasteiger partial charge in [-0.15, -0.1) is 0 Å². The molecule has 0 fully saturated rings. The number of aromatic hydroxyl groups is 1. The van der Waals surface area contributed by atoms with Crippen molar-refractivity contribution in [2.24, 2.45) is 0 Å². The van der Waals surface area contributed by atoms with Crippen LogP contribution in [-0.2, 0) is 6.42 Å². The predicted molar refractivity (Wildman–Crippen MR) is 85.7 cm³/mol. The van der Waals surface area contributed by atoms with Crippen molar-refractivity contribution >= 4 is 17.1 Å². The van der Waals surface area contributed by atoms with Crippen LogP contribution in [0.1, 0.15) is 26.4 Å². The molecule has 1 heterocycles. The Morgan fingerprint density at radius 1 is 1.00 bits per heavy atom. The number of carbonyl (C=O) groups is 1. The van der Waals surface area contributed by atoms with Crippen molar-refractivity contribution in [2.45, 2.75) is 6.42 Å². The summed E-state index contributed by atoms with van der Waals surface area (Å²) in [5.74, 6) is -0.110. The molecule has 0 saturated heterocycles. The third-order valence-corrected chi connectivity index (χ3v) is 4.19. The fourth-order valence-electron chi connectivity index (χ4n) is 2.19. The maximum absolute atomic E-state index is 12.3. The standard InChI is InChI=1S/C17H13NO3S/c19-15(12-4-2-1-3-5-12)13-8-6-11(7-9-13)10-14-16(20)18-17(21)22-14/h1-9,20H,10H2,(H,18,21). The van der Waals surface area contributed by atoms with Crippen LogP contribution in [0.4, 0.5) is 0 Å². The first-order valence-electron chi connectivity index (χ1n) is 6.73. The van der Waals surface area contributed by atoms with E-state index < -0.39 is 0 Å². The van der Waals surface area contributed by atoms with Gasteiger partial charge >= 0.3 is 4.87 Å². The smallest absolute Gasteiger partial charge is 0.307 e. The third kappa shape index (κ3) is 2.99. The van der Waals surface area contributed by atoms with E-state index in [0.717, 1.165) is 16.9 Å². The molecule has 0 saturated carbocycles. The minimum absolute atomic E-state index is 0.0266. The fraction of sp³-hybridized carbons (Fsp3) is 0.0588. The topological polar surface area (TPSA) is 70.2 Å². The minimum Gasteiger partial charge on any atom is -0.494 e. The monoisotopic (exact) mass is 311 g/mol. The Morgan fingerprint density at radius 3 is 2.23 bits per heavy atom. The first kappa shape index (κ1) is 14.3. The summed E-state index contributed by atoms with van der Waals surface area (Å²) in [5, 5.41) is 9.58. The van der Waals surface area contributed by atoms with Gasteiger partial charge in [0.25, 0.3) is 0 Å². The summed E-state index contributed by atoms with van der Waals surface area (Å²) in [6.07, 6.45) is 0.453. The number of aromatic amines is 1. The van der Waals surface area contributed by atoms with Gasteiger partial charge in [-0.3, -0.25) is 14.6 Å². The Balaban J connectivity index is 1.80. The zero-order chi connectivity index (χ0) is 15.5. The number of hydrogen-bond donors (Lipinski definition) is 2. The quantitative estimate of drug-likeness (QED) is 0.728. The number of ketones is 1. The van der Waals surface area contributed by atoms with E-state index in [0.29, 0.717) is 22.4 Å². The highest BCUT2D eigenvalue weighted by Gasteiger charge is 2.10. The number of thiazole rings is 1. The Hall–Kier alpha value is -2.66. The SMILES string of the molecule is O=C(c1ccccc1)c1ccc(Cc2sc(=O)[nH]c2O)cc1. The van der Waals surface area contributed by atoms with Gasteiger partial charge in [0.15, 0.2) is 5.78 Å². The van der Waals surface area contributed by atoms with Crippen LogP contribution in [0.15, 0.2) is 59.4 Å². The molecule has 1 aromatic heterocycles. The van der Waals surface area contributed by atoms with Crippen molar-refractivity contribution in [3.63, 3.8) is 0 Å². The first-order valence-corrected chi connectivity index (χ1v) is 7.55. The van der Waals surface area contributed by atoms with Gasteiger partial charge in [-0.25, -0.2) is 0 Å². The highest BCUT2D eigenvalue weighted by molar-refractivity contribution is 7.09. The van der Waals surface area contributed by atoms with E-state index in [9.17, 15) is 14.7 Å². The molecule has 4 nitrogen and oxygen atoms in total. The predicted octanol–water partition coefficient (Wildman–Crippen LogP) is 2.96. The van der Waals surface area contributed by atoms with Gasteiger partial charge in [0, 0.05) is 17.5 Å². The number of carbonyl (C=O) groups excluding carboxylic acids is 1. The molecule has 0 aliphatic rings. The maximum Gasteiger partial charge on any atom is 0.307 e. The number of benzene rings is 2. The van der Waals surface area contributed by atoms with Crippen molar-refractivity contribution in [1.82, 2.24) is 4.98 Å². The molecule has 0 bridgehead atoms. The van der Waals surface area contributed by atoms with E-state index in [-0.39, 0.29) is 16.5 Å². The largest absolute Gasteiger partial charge is 0.494 e. The highest BCUT2D eigenvalue weighted by Crippen LogP contribution is 2.21. The average molecular weight is 311 g/mol. The van der Waals surface area contributed by atoms with Gasteiger partial charge in [0.05, 0.1) is 4.88 Å². The van der Waals surface area contributed by atoms with Crippen molar-refractivity contribution in [1.29, 1.82) is 0 Å². The number of aromatic nitrogens is 1. The lowest BCUT2D eigenvalue weighted by atomic mass is 10.0. The van der Waals surface area contributed by atoms with Gasteiger partial charge < -0.3 is 5.11 Å². The van der Waals surface area contributed by atoms with Crippen LogP contribution in [0.25, 0.3) is 0 Å². The molecular formula is C17H13NO3S. The van der Waals surface area contributed by atoms with Gasteiger partial charge in [0.1, 0.15) is 0 Å². The third-order valence-electron chi connectivity index (χ3n) is 3.32. The number of rotatable bonds is 4. The molecule has 110 valence electrons. The number of H-pyrrole nitrogens is 1. The van der Waals surface area contributed by atoms with Crippen molar-refractivity contribution in [3.8, 4) is 5.88 Å². The van der Waals surface area contributed by atoms with Crippen LogP contribution in [0.5, 0.6) is 5.88 Å². The lowest BCUT2D eigenvalue weighted by molar-refractivity contribution is 0.103. The van der Waals surface area contributed by atoms with E-state index >= 15 is 0 Å². The molecule has 0 spiro atoms. The van der Waals surface area contributed by atoms with Crippen LogP contribution >= 0.6 is 11.3 Å². The normalized spacial score (nSPS) is 10.5. The molecule has 0 aliphatic carbocycles. The summed E-state index contributed by atoms with van der Waals surface area (Å²) in [6, 6.07) is 16.3. The first-order chi connectivity index (χ1) is 10.6. The zero-order valence-corrected chi connectivity index (χ0v) is 12.4. The summed E-state index contributed by atoms with van der Waals surface area (Å²) in [5.41, 5.74) is 2.19. The highest BCUT2D eigenvalue weighted by atomic mass is 32.1. The summed E-state index contributed by atoms with van der Waals surface area (Å²) < 4.78 is 0. The lowest BCUT2D eigenvalue weighted by Gasteiger charge is -2.03. The molecule has 0 radical (unpaired) electrons. The van der Waals surface area contributed by atoms with E-state index in [1.165, 1.54) is 0 Å². The molecule has 0 atom stereocenters. The van der Waals surface area contributed by atoms with E-state index in [4.69, 9.17) is 0 Å². The second-order valence-corrected chi connectivity index (χ2v) is 5.92. The minimum atomic E-state index is -0.275. The fourth-order valence-corrected chi connectivity index (χ4v) is 2.95. The summed E-state index contributed by atoms with van der Waals surface area (Å²) >= 11 is 0.989.